The first-order valence-corrected chi connectivity index (χ1v) is 7.18. The van der Waals surface area contributed by atoms with E-state index in [-0.39, 0.29) is 66.2 Å². The van der Waals surface area contributed by atoms with Crippen molar-refractivity contribution in [1.82, 2.24) is 0 Å². The van der Waals surface area contributed by atoms with Gasteiger partial charge in [-0.1, -0.05) is 81.7 Å². The minimum absolute atomic E-state index is 0. The molecule has 0 amide bonds. The fraction of sp³-hybridized carbons (Fsp3) is 0. The van der Waals surface area contributed by atoms with Crippen LogP contribution in [0.1, 0.15) is 0 Å². The molecule has 0 fully saturated rings. The quantitative estimate of drug-likeness (QED) is 0.310. The molecule has 2 rings (SSSR count). The fourth-order valence-electron chi connectivity index (χ4n) is 1.05. The van der Waals surface area contributed by atoms with E-state index in [1.807, 2.05) is 0 Å². The van der Waals surface area contributed by atoms with Gasteiger partial charge in [-0.15, -0.1) is 0 Å². The van der Waals surface area contributed by atoms with Crippen molar-refractivity contribution in [1.29, 1.82) is 0 Å². The number of benzene rings is 2. The van der Waals surface area contributed by atoms with Gasteiger partial charge in [0.25, 0.3) is 0 Å². The molecule has 0 aliphatic heterocycles. The third-order valence-corrected chi connectivity index (χ3v) is 4.62. The topological polar surface area (TPSA) is 40.5 Å². The average molecular weight is 419 g/mol. The predicted octanol–water partition coefficient (Wildman–Crippen LogP) is 6.06. The van der Waals surface area contributed by atoms with Crippen molar-refractivity contribution in [2.24, 2.45) is 0 Å². The number of para-hydroxylation sites is 1. The Hall–Kier alpha value is 0.780. The maximum absolute atomic E-state index is 9.20. The van der Waals surface area contributed by atoms with Crippen LogP contribution in [0.4, 0.5) is 0 Å². The summed E-state index contributed by atoms with van der Waals surface area (Å²) >= 11 is 33.4. The summed E-state index contributed by atoms with van der Waals surface area (Å²) in [6, 6.07) is 6.67. The second-order valence-electron chi connectivity index (χ2n) is 3.37. The summed E-state index contributed by atoms with van der Waals surface area (Å²) in [5.74, 6) is -0.230. The summed E-state index contributed by atoms with van der Waals surface area (Å²) in [5, 5.41) is 18.2. The molecule has 0 radical (unpaired) electrons. The molecule has 0 aliphatic rings. The SMILES string of the molecule is Oc1c(Cl)c(Cl)c(Cl)c(Cl)c1Cl.Oc1ccccc1Cl.[NaH]. The molecule has 2 nitrogen and oxygen atoms in total. The molecule has 0 atom stereocenters. The van der Waals surface area contributed by atoms with Crippen molar-refractivity contribution < 1.29 is 10.2 Å². The van der Waals surface area contributed by atoms with Gasteiger partial charge in [-0.2, -0.15) is 0 Å². The van der Waals surface area contributed by atoms with Crippen molar-refractivity contribution in [3.05, 3.63) is 54.4 Å². The van der Waals surface area contributed by atoms with Gasteiger partial charge in [0.05, 0.1) is 20.1 Å². The predicted molar refractivity (Wildman–Crippen MR) is 93.4 cm³/mol. The minimum atomic E-state index is -0.363. The molecule has 0 bridgehead atoms. The van der Waals surface area contributed by atoms with Gasteiger partial charge in [0.2, 0.25) is 0 Å². The number of hydrogen-bond donors (Lipinski definition) is 2. The van der Waals surface area contributed by atoms with Crippen LogP contribution in [0.5, 0.6) is 11.5 Å². The van der Waals surface area contributed by atoms with Gasteiger partial charge in [-0.25, -0.2) is 0 Å². The molecule has 0 aromatic heterocycles. The summed E-state index contributed by atoms with van der Waals surface area (Å²) in [6.45, 7) is 0. The Kier molecular flexibility index (Phi) is 10.2. The van der Waals surface area contributed by atoms with Crippen molar-refractivity contribution in [2.75, 3.05) is 0 Å². The van der Waals surface area contributed by atoms with Crippen LogP contribution in [0.25, 0.3) is 0 Å². The molecular weight excluding hydrogens is 412 g/mol. The fourth-order valence-corrected chi connectivity index (χ4v) is 2.31. The van der Waals surface area contributed by atoms with Crippen molar-refractivity contribution >= 4 is 99.2 Å². The monoisotopic (exact) mass is 416 g/mol. The second-order valence-corrected chi connectivity index (χ2v) is 5.67. The first kappa shape index (κ1) is 21.8. The van der Waals surface area contributed by atoms with E-state index in [0.717, 1.165) is 0 Å². The molecule has 2 aromatic carbocycles. The summed E-state index contributed by atoms with van der Waals surface area (Å²) in [4.78, 5) is 0. The van der Waals surface area contributed by atoms with Gasteiger partial charge in [0.15, 0.2) is 5.75 Å². The van der Waals surface area contributed by atoms with Gasteiger partial charge in [0.1, 0.15) is 15.8 Å². The van der Waals surface area contributed by atoms with Crippen molar-refractivity contribution in [2.45, 2.75) is 0 Å². The average Bonchev–Trinajstić information content (AvgIpc) is 2.45. The summed E-state index contributed by atoms with van der Waals surface area (Å²) in [5.41, 5.74) is 0. The molecule has 21 heavy (non-hydrogen) atoms. The van der Waals surface area contributed by atoms with Crippen LogP contribution < -0.4 is 0 Å². The van der Waals surface area contributed by atoms with E-state index in [0.29, 0.717) is 5.02 Å². The van der Waals surface area contributed by atoms with Gasteiger partial charge >= 0.3 is 29.6 Å². The molecule has 0 aliphatic carbocycles. The van der Waals surface area contributed by atoms with Crippen LogP contribution >= 0.6 is 69.6 Å². The molecule has 2 N–H and O–H groups in total. The Morgan fingerprint density at radius 3 is 1.33 bits per heavy atom. The summed E-state index contributed by atoms with van der Waals surface area (Å²) in [6.07, 6.45) is 0. The second kappa shape index (κ2) is 9.82. The molecule has 0 saturated heterocycles. The Morgan fingerprint density at radius 2 is 1.00 bits per heavy atom. The molecular formula is C12H7Cl6NaO2. The molecule has 9 heteroatoms. The van der Waals surface area contributed by atoms with E-state index in [4.69, 9.17) is 74.7 Å². The van der Waals surface area contributed by atoms with Crippen molar-refractivity contribution in [3.63, 3.8) is 0 Å². The number of phenols is 2. The number of halogens is 6. The van der Waals surface area contributed by atoms with Gasteiger partial charge in [-0.3, -0.25) is 0 Å². The van der Waals surface area contributed by atoms with Crippen LogP contribution in [-0.4, -0.2) is 39.8 Å². The van der Waals surface area contributed by atoms with Crippen molar-refractivity contribution in [3.8, 4) is 11.5 Å². The number of rotatable bonds is 0. The van der Waals surface area contributed by atoms with Crippen LogP contribution in [0.15, 0.2) is 24.3 Å². The normalized spacial score (nSPS) is 9.43. The van der Waals surface area contributed by atoms with Crippen LogP contribution in [-0.2, 0) is 0 Å². The third kappa shape index (κ3) is 5.72. The first-order chi connectivity index (χ1) is 9.27. The van der Waals surface area contributed by atoms with Crippen LogP contribution in [0, 0.1) is 0 Å². The Labute approximate surface area is 173 Å². The number of aromatic hydroxyl groups is 2. The first-order valence-electron chi connectivity index (χ1n) is 4.91. The summed E-state index contributed by atoms with van der Waals surface area (Å²) < 4.78 is 0. The zero-order valence-electron chi connectivity index (χ0n) is 9.47. The van der Waals surface area contributed by atoms with Gasteiger partial charge in [0, 0.05) is 0 Å². The Bertz CT molecular complexity index is 509. The molecule has 2 aromatic rings. The molecule has 0 spiro atoms. The van der Waals surface area contributed by atoms with E-state index < -0.39 is 0 Å². The third-order valence-electron chi connectivity index (χ3n) is 2.04. The van der Waals surface area contributed by atoms with E-state index in [1.54, 1.807) is 24.3 Å². The van der Waals surface area contributed by atoms with E-state index in [9.17, 15) is 5.11 Å². The van der Waals surface area contributed by atoms with E-state index in [2.05, 4.69) is 0 Å². The Balaban J connectivity index is 0.000000390. The number of phenolic OH excluding ortho intramolecular Hbond substituents is 2. The van der Waals surface area contributed by atoms with Crippen LogP contribution in [0.2, 0.25) is 30.1 Å². The standard InChI is InChI=1S/C6HCl5O.C6H5ClO.Na.H/c7-1-2(8)4(10)6(12)5(11)3(1)9;7-5-3-1-2-4-6(5)8;;/h12H;1-4,8H;;. The maximum atomic E-state index is 9.20. The zero-order chi connectivity index (χ0) is 15.4. The summed E-state index contributed by atoms with van der Waals surface area (Å²) in [7, 11) is 0. The van der Waals surface area contributed by atoms with E-state index in [1.165, 1.54) is 0 Å². The Morgan fingerprint density at radius 1 is 0.619 bits per heavy atom. The van der Waals surface area contributed by atoms with Gasteiger partial charge in [-0.05, 0) is 12.1 Å². The zero-order valence-corrected chi connectivity index (χ0v) is 14.0. The van der Waals surface area contributed by atoms with Crippen LogP contribution in [0.3, 0.4) is 0 Å². The molecule has 0 heterocycles. The molecule has 110 valence electrons. The van der Waals surface area contributed by atoms with Gasteiger partial charge < -0.3 is 10.2 Å². The number of hydrogen-bond acceptors (Lipinski definition) is 2. The molecule has 0 saturated carbocycles. The molecule has 0 unspecified atom stereocenters. The van der Waals surface area contributed by atoms with E-state index >= 15 is 0 Å².